The van der Waals surface area contributed by atoms with Gasteiger partial charge in [0.2, 0.25) is 0 Å². The molecule has 0 spiro atoms. The highest BCUT2D eigenvalue weighted by molar-refractivity contribution is 5.76. The molecule has 2 heterocycles. The SMILES string of the molecule is CC1CC(C(O)c2ccc3c(c2)n(C)c(=O)n3C)CO1. The molecule has 1 fully saturated rings. The van der Waals surface area contributed by atoms with E-state index in [0.717, 1.165) is 23.0 Å². The van der Waals surface area contributed by atoms with E-state index in [1.807, 2.05) is 25.1 Å². The molecule has 1 N–H and O–H groups in total. The number of fused-ring (bicyclic) bond motifs is 1. The Labute approximate surface area is 117 Å². The van der Waals surface area contributed by atoms with Crippen LogP contribution < -0.4 is 5.69 Å². The summed E-state index contributed by atoms with van der Waals surface area (Å²) in [6.45, 7) is 2.62. The molecule has 0 aliphatic carbocycles. The van der Waals surface area contributed by atoms with E-state index >= 15 is 0 Å². The maximum absolute atomic E-state index is 11.9. The van der Waals surface area contributed by atoms with Crippen LogP contribution in [0.4, 0.5) is 0 Å². The minimum absolute atomic E-state index is 0.0514. The molecule has 0 bridgehead atoms. The van der Waals surface area contributed by atoms with Gasteiger partial charge in [-0.1, -0.05) is 6.07 Å². The molecule has 108 valence electrons. The Bertz CT molecular complexity index is 701. The predicted molar refractivity (Wildman–Crippen MR) is 76.6 cm³/mol. The van der Waals surface area contributed by atoms with Gasteiger partial charge in [0.05, 0.1) is 29.8 Å². The molecule has 2 aromatic rings. The van der Waals surface area contributed by atoms with Crippen molar-refractivity contribution in [2.75, 3.05) is 6.61 Å². The van der Waals surface area contributed by atoms with Crippen molar-refractivity contribution in [2.24, 2.45) is 20.0 Å². The quantitative estimate of drug-likeness (QED) is 0.900. The van der Waals surface area contributed by atoms with Crippen molar-refractivity contribution in [1.29, 1.82) is 0 Å². The zero-order chi connectivity index (χ0) is 14.4. The molecule has 1 aliphatic heterocycles. The number of rotatable bonds is 2. The minimum atomic E-state index is -0.542. The minimum Gasteiger partial charge on any atom is -0.388 e. The van der Waals surface area contributed by atoms with Crippen LogP contribution in [-0.4, -0.2) is 27.0 Å². The van der Waals surface area contributed by atoms with E-state index in [4.69, 9.17) is 4.74 Å². The zero-order valence-corrected chi connectivity index (χ0v) is 12.0. The Morgan fingerprint density at radius 3 is 2.65 bits per heavy atom. The van der Waals surface area contributed by atoms with E-state index in [0.29, 0.717) is 6.61 Å². The van der Waals surface area contributed by atoms with Gasteiger partial charge in [-0.05, 0) is 31.0 Å². The zero-order valence-electron chi connectivity index (χ0n) is 12.0. The van der Waals surface area contributed by atoms with Gasteiger partial charge in [-0.25, -0.2) is 4.79 Å². The van der Waals surface area contributed by atoms with Crippen LogP contribution in [-0.2, 0) is 18.8 Å². The fourth-order valence-electron chi connectivity index (χ4n) is 3.05. The van der Waals surface area contributed by atoms with Crippen molar-refractivity contribution in [1.82, 2.24) is 9.13 Å². The standard InChI is InChI=1S/C15H20N2O3/c1-9-6-11(8-20-9)14(18)10-4-5-12-13(7-10)17(3)15(19)16(12)2/h4-5,7,9,11,14,18H,6,8H2,1-3H3. The Hall–Kier alpha value is -1.59. The molecular weight excluding hydrogens is 256 g/mol. The summed E-state index contributed by atoms with van der Waals surface area (Å²) in [7, 11) is 3.51. The number of aromatic nitrogens is 2. The summed E-state index contributed by atoms with van der Waals surface area (Å²) in [5, 5.41) is 10.5. The normalized spacial score (nSPS) is 24.4. The van der Waals surface area contributed by atoms with Crippen molar-refractivity contribution in [2.45, 2.75) is 25.6 Å². The van der Waals surface area contributed by atoms with Crippen molar-refractivity contribution < 1.29 is 9.84 Å². The van der Waals surface area contributed by atoms with Crippen molar-refractivity contribution in [3.05, 3.63) is 34.2 Å². The van der Waals surface area contributed by atoms with E-state index in [-0.39, 0.29) is 17.7 Å². The fraction of sp³-hybridized carbons (Fsp3) is 0.533. The first-order valence-corrected chi connectivity index (χ1v) is 6.94. The molecule has 20 heavy (non-hydrogen) atoms. The summed E-state index contributed by atoms with van der Waals surface area (Å²) in [6, 6.07) is 5.70. The maximum Gasteiger partial charge on any atom is 0.328 e. The summed E-state index contributed by atoms with van der Waals surface area (Å²) in [5.41, 5.74) is 2.52. The highest BCUT2D eigenvalue weighted by Crippen LogP contribution is 2.32. The number of hydrogen-bond acceptors (Lipinski definition) is 3. The lowest BCUT2D eigenvalue weighted by atomic mass is 9.93. The maximum atomic E-state index is 11.9. The molecule has 3 rings (SSSR count). The largest absolute Gasteiger partial charge is 0.388 e. The predicted octanol–water partition coefficient (Wildman–Crippen LogP) is 1.34. The van der Waals surface area contributed by atoms with Gasteiger partial charge in [0.25, 0.3) is 0 Å². The van der Waals surface area contributed by atoms with Crippen LogP contribution in [0.1, 0.15) is 25.0 Å². The van der Waals surface area contributed by atoms with Crippen LogP contribution >= 0.6 is 0 Å². The van der Waals surface area contributed by atoms with E-state index in [1.54, 1.807) is 23.2 Å². The second-order valence-electron chi connectivity index (χ2n) is 5.73. The molecule has 3 atom stereocenters. The van der Waals surface area contributed by atoms with Gasteiger partial charge in [-0.15, -0.1) is 0 Å². The van der Waals surface area contributed by atoms with Gasteiger partial charge in [-0.2, -0.15) is 0 Å². The highest BCUT2D eigenvalue weighted by atomic mass is 16.5. The van der Waals surface area contributed by atoms with Gasteiger partial charge in [-0.3, -0.25) is 9.13 Å². The number of benzene rings is 1. The third kappa shape index (κ3) is 1.98. The Morgan fingerprint density at radius 1 is 1.30 bits per heavy atom. The van der Waals surface area contributed by atoms with Crippen LogP contribution in [0.3, 0.4) is 0 Å². The molecule has 1 aliphatic rings. The number of aliphatic hydroxyl groups is 1. The lowest BCUT2D eigenvalue weighted by molar-refractivity contribution is 0.0804. The fourth-order valence-corrected chi connectivity index (χ4v) is 3.05. The van der Waals surface area contributed by atoms with E-state index in [1.165, 1.54) is 0 Å². The summed E-state index contributed by atoms with van der Waals surface area (Å²) in [4.78, 5) is 11.9. The number of nitrogens with zero attached hydrogens (tertiary/aromatic N) is 2. The second kappa shape index (κ2) is 4.75. The van der Waals surface area contributed by atoms with Crippen LogP contribution in [0.5, 0.6) is 0 Å². The highest BCUT2D eigenvalue weighted by Gasteiger charge is 2.29. The van der Waals surface area contributed by atoms with Crippen molar-refractivity contribution in [3.8, 4) is 0 Å². The van der Waals surface area contributed by atoms with Crippen molar-refractivity contribution in [3.63, 3.8) is 0 Å². The number of ether oxygens (including phenoxy) is 1. The van der Waals surface area contributed by atoms with Gasteiger partial charge >= 0.3 is 5.69 Å². The smallest absolute Gasteiger partial charge is 0.328 e. The first kappa shape index (κ1) is 13.4. The summed E-state index contributed by atoms with van der Waals surface area (Å²) < 4.78 is 8.75. The molecule has 5 nitrogen and oxygen atoms in total. The van der Waals surface area contributed by atoms with E-state index in [9.17, 15) is 9.90 Å². The van der Waals surface area contributed by atoms with Crippen LogP contribution in [0.25, 0.3) is 11.0 Å². The Kier molecular flexibility index (Phi) is 3.18. The summed E-state index contributed by atoms with van der Waals surface area (Å²) >= 11 is 0. The lowest BCUT2D eigenvalue weighted by Gasteiger charge is -2.17. The number of hydrogen-bond donors (Lipinski definition) is 1. The van der Waals surface area contributed by atoms with Crippen LogP contribution in [0.2, 0.25) is 0 Å². The van der Waals surface area contributed by atoms with Crippen molar-refractivity contribution >= 4 is 11.0 Å². The molecule has 1 aromatic heterocycles. The molecule has 1 aromatic carbocycles. The van der Waals surface area contributed by atoms with E-state index in [2.05, 4.69) is 0 Å². The topological polar surface area (TPSA) is 56.4 Å². The Morgan fingerprint density at radius 2 is 2.00 bits per heavy atom. The van der Waals surface area contributed by atoms with Gasteiger partial charge in [0, 0.05) is 20.0 Å². The Balaban J connectivity index is 2.01. The van der Waals surface area contributed by atoms with Crippen LogP contribution in [0, 0.1) is 5.92 Å². The molecule has 0 amide bonds. The first-order valence-electron chi connectivity index (χ1n) is 6.94. The second-order valence-corrected chi connectivity index (χ2v) is 5.73. The van der Waals surface area contributed by atoms with Crippen LogP contribution in [0.15, 0.2) is 23.0 Å². The summed E-state index contributed by atoms with van der Waals surface area (Å²) in [6.07, 6.45) is 0.534. The lowest BCUT2D eigenvalue weighted by Crippen LogP contribution is -2.19. The molecule has 5 heteroatoms. The van der Waals surface area contributed by atoms with Gasteiger partial charge in [0.1, 0.15) is 0 Å². The average molecular weight is 276 g/mol. The van der Waals surface area contributed by atoms with Gasteiger partial charge in [0.15, 0.2) is 0 Å². The third-order valence-corrected chi connectivity index (χ3v) is 4.31. The molecule has 1 saturated heterocycles. The molecular formula is C15H20N2O3. The summed E-state index contributed by atoms with van der Waals surface area (Å²) in [5.74, 6) is 0.128. The van der Waals surface area contributed by atoms with E-state index < -0.39 is 6.10 Å². The molecule has 0 saturated carbocycles. The van der Waals surface area contributed by atoms with Gasteiger partial charge < -0.3 is 9.84 Å². The monoisotopic (exact) mass is 276 g/mol. The number of aliphatic hydroxyl groups excluding tert-OH is 1. The average Bonchev–Trinajstić information content (AvgIpc) is 2.97. The number of imidazole rings is 1. The molecule has 0 radical (unpaired) electrons. The third-order valence-electron chi connectivity index (χ3n) is 4.31. The number of aryl methyl sites for hydroxylation is 2. The molecule has 3 unspecified atom stereocenters. The first-order chi connectivity index (χ1) is 9.49.